The predicted molar refractivity (Wildman–Crippen MR) is 120 cm³/mol. The van der Waals surface area contributed by atoms with Gasteiger partial charge in [-0.2, -0.15) is 0 Å². The minimum absolute atomic E-state index is 0.154. The van der Waals surface area contributed by atoms with E-state index in [1.165, 1.54) is 24.3 Å². The molecule has 0 saturated heterocycles. The normalized spacial score (nSPS) is 11.1. The molecule has 0 unspecified atom stereocenters. The van der Waals surface area contributed by atoms with Gasteiger partial charge in [-0.15, -0.1) is 0 Å². The average molecular weight is 433 g/mol. The predicted octanol–water partition coefficient (Wildman–Crippen LogP) is 5.27. The van der Waals surface area contributed by atoms with Crippen molar-refractivity contribution in [2.75, 3.05) is 11.5 Å². The van der Waals surface area contributed by atoms with Crippen molar-refractivity contribution in [2.45, 2.75) is 9.79 Å². The molecule has 31 heavy (non-hydrogen) atoms. The summed E-state index contributed by atoms with van der Waals surface area (Å²) in [7, 11) is -3.70. The van der Waals surface area contributed by atoms with Crippen LogP contribution >= 0.6 is 0 Å². The van der Waals surface area contributed by atoms with Gasteiger partial charge in [-0.25, -0.2) is 8.42 Å². The molecule has 156 valence electrons. The summed E-state index contributed by atoms with van der Waals surface area (Å²) in [4.78, 5) is 0.309. The first-order chi connectivity index (χ1) is 14.9. The summed E-state index contributed by atoms with van der Waals surface area (Å²) in [6.45, 7) is 0. The van der Waals surface area contributed by atoms with Gasteiger partial charge in [-0.3, -0.25) is 0 Å². The number of benzene rings is 4. The average Bonchev–Trinajstić information content (AvgIpc) is 2.78. The molecule has 4 aromatic carbocycles. The Labute approximate surface area is 180 Å². The minimum atomic E-state index is -3.70. The maximum absolute atomic E-state index is 13.0. The maximum Gasteiger partial charge on any atom is 0.206 e. The van der Waals surface area contributed by atoms with E-state index in [4.69, 9.17) is 20.9 Å². The van der Waals surface area contributed by atoms with E-state index >= 15 is 0 Å². The van der Waals surface area contributed by atoms with Crippen LogP contribution in [0.25, 0.3) is 0 Å². The zero-order valence-electron chi connectivity index (χ0n) is 16.4. The van der Waals surface area contributed by atoms with Gasteiger partial charge in [-0.1, -0.05) is 24.3 Å². The Hall–Kier alpha value is -3.97. The van der Waals surface area contributed by atoms with E-state index < -0.39 is 9.84 Å². The molecule has 0 spiro atoms. The van der Waals surface area contributed by atoms with Crippen LogP contribution in [0.1, 0.15) is 0 Å². The largest absolute Gasteiger partial charge is 0.455 e. The van der Waals surface area contributed by atoms with E-state index in [1.54, 1.807) is 48.5 Å². The first kappa shape index (κ1) is 20.3. The van der Waals surface area contributed by atoms with Gasteiger partial charge in [0.2, 0.25) is 9.84 Å². The van der Waals surface area contributed by atoms with Crippen molar-refractivity contribution in [1.29, 1.82) is 0 Å². The number of rotatable bonds is 6. The Bertz CT molecular complexity index is 1210. The third-order valence-electron chi connectivity index (χ3n) is 4.56. The third-order valence-corrected chi connectivity index (χ3v) is 6.35. The van der Waals surface area contributed by atoms with Gasteiger partial charge < -0.3 is 20.9 Å². The zero-order valence-corrected chi connectivity index (χ0v) is 17.3. The van der Waals surface area contributed by atoms with E-state index in [-0.39, 0.29) is 9.79 Å². The molecule has 4 N–H and O–H groups in total. The SMILES string of the molecule is Nc1ccccc1Oc1ccc(S(=O)(=O)c2ccc(Oc3ccccc3N)cc2)cc1. The van der Waals surface area contributed by atoms with Crippen molar-refractivity contribution in [1.82, 2.24) is 0 Å². The lowest BCUT2D eigenvalue weighted by Gasteiger charge is -2.10. The highest BCUT2D eigenvalue weighted by Gasteiger charge is 2.18. The van der Waals surface area contributed by atoms with Crippen molar-refractivity contribution in [2.24, 2.45) is 0 Å². The van der Waals surface area contributed by atoms with E-state index in [0.29, 0.717) is 34.4 Å². The van der Waals surface area contributed by atoms with Crippen LogP contribution in [0, 0.1) is 0 Å². The molecular weight excluding hydrogens is 412 g/mol. The molecular formula is C24H20N2O4S. The molecule has 0 bridgehead atoms. The fourth-order valence-electron chi connectivity index (χ4n) is 2.91. The Balaban J connectivity index is 1.51. The standard InChI is InChI=1S/C24H20N2O4S/c25-21-5-1-3-7-23(21)29-17-9-13-19(14-10-17)31(27,28)20-15-11-18(12-16-20)30-24-8-4-2-6-22(24)26/h1-16H,25-26H2. The molecule has 0 atom stereocenters. The lowest BCUT2D eigenvalue weighted by atomic mass is 10.3. The van der Waals surface area contributed by atoms with Crippen molar-refractivity contribution >= 4 is 21.2 Å². The summed E-state index contributed by atoms with van der Waals surface area (Å²) in [5.41, 5.74) is 12.7. The molecule has 6 nitrogen and oxygen atoms in total. The quantitative estimate of drug-likeness (QED) is 0.402. The first-order valence-electron chi connectivity index (χ1n) is 9.43. The number of sulfone groups is 1. The maximum atomic E-state index is 13.0. The van der Waals surface area contributed by atoms with Crippen LogP contribution in [-0.2, 0) is 9.84 Å². The Morgan fingerprint density at radius 3 is 1.23 bits per heavy atom. The van der Waals surface area contributed by atoms with Crippen LogP contribution < -0.4 is 20.9 Å². The lowest BCUT2D eigenvalue weighted by Crippen LogP contribution is -2.02. The van der Waals surface area contributed by atoms with E-state index in [9.17, 15) is 8.42 Å². The number of anilines is 2. The molecule has 0 heterocycles. The van der Waals surface area contributed by atoms with Crippen molar-refractivity contribution in [3.05, 3.63) is 97.1 Å². The number of para-hydroxylation sites is 4. The molecule has 0 aliphatic rings. The number of hydrogen-bond donors (Lipinski definition) is 2. The fourth-order valence-corrected chi connectivity index (χ4v) is 4.17. The van der Waals surface area contributed by atoms with Crippen molar-refractivity contribution in [3.63, 3.8) is 0 Å². The van der Waals surface area contributed by atoms with Crippen LogP contribution in [0.2, 0.25) is 0 Å². The number of nitrogen functional groups attached to an aromatic ring is 2. The molecule has 0 saturated carbocycles. The van der Waals surface area contributed by atoms with Gasteiger partial charge in [0, 0.05) is 0 Å². The summed E-state index contributed by atoms with van der Waals surface area (Å²) in [5, 5.41) is 0. The second kappa shape index (κ2) is 8.41. The van der Waals surface area contributed by atoms with Gasteiger partial charge in [-0.05, 0) is 72.8 Å². The molecule has 0 amide bonds. The highest BCUT2D eigenvalue weighted by atomic mass is 32.2. The topological polar surface area (TPSA) is 105 Å². The van der Waals surface area contributed by atoms with Gasteiger partial charge >= 0.3 is 0 Å². The smallest absolute Gasteiger partial charge is 0.206 e. The minimum Gasteiger partial charge on any atom is -0.455 e. The van der Waals surface area contributed by atoms with Crippen molar-refractivity contribution in [3.8, 4) is 23.0 Å². The fraction of sp³-hybridized carbons (Fsp3) is 0. The Kier molecular flexibility index (Phi) is 5.51. The molecule has 4 rings (SSSR count). The molecule has 0 aliphatic carbocycles. The van der Waals surface area contributed by atoms with E-state index in [0.717, 1.165) is 0 Å². The summed E-state index contributed by atoms with van der Waals surface area (Å²) >= 11 is 0. The summed E-state index contributed by atoms with van der Waals surface area (Å²) < 4.78 is 37.4. The van der Waals surface area contributed by atoms with E-state index in [1.807, 2.05) is 24.3 Å². The number of nitrogens with two attached hydrogens (primary N) is 2. The van der Waals surface area contributed by atoms with Crippen LogP contribution in [0.3, 0.4) is 0 Å². The summed E-state index contributed by atoms with van der Waals surface area (Å²) in [5.74, 6) is 1.99. The van der Waals surface area contributed by atoms with Crippen LogP contribution in [0.4, 0.5) is 11.4 Å². The number of hydrogen-bond acceptors (Lipinski definition) is 6. The highest BCUT2D eigenvalue weighted by molar-refractivity contribution is 7.91. The molecule has 0 radical (unpaired) electrons. The second-order valence-electron chi connectivity index (χ2n) is 6.73. The third kappa shape index (κ3) is 4.46. The monoisotopic (exact) mass is 432 g/mol. The Morgan fingerprint density at radius 1 is 0.516 bits per heavy atom. The van der Waals surface area contributed by atoms with Gasteiger partial charge in [0.1, 0.15) is 23.0 Å². The zero-order chi connectivity index (χ0) is 21.8. The van der Waals surface area contributed by atoms with Crippen LogP contribution in [0.5, 0.6) is 23.0 Å². The molecule has 0 aliphatic heterocycles. The van der Waals surface area contributed by atoms with Gasteiger partial charge in [0.25, 0.3) is 0 Å². The van der Waals surface area contributed by atoms with Crippen LogP contribution in [0.15, 0.2) is 107 Å². The highest BCUT2D eigenvalue weighted by Crippen LogP contribution is 2.31. The molecule has 4 aromatic rings. The van der Waals surface area contributed by atoms with Gasteiger partial charge in [0.05, 0.1) is 21.2 Å². The van der Waals surface area contributed by atoms with Gasteiger partial charge in [0.15, 0.2) is 0 Å². The van der Waals surface area contributed by atoms with Crippen molar-refractivity contribution < 1.29 is 17.9 Å². The first-order valence-corrected chi connectivity index (χ1v) is 10.9. The summed E-state index contributed by atoms with van der Waals surface area (Å²) in [6, 6.07) is 26.5. The second-order valence-corrected chi connectivity index (χ2v) is 8.68. The number of ether oxygens (including phenoxy) is 2. The Morgan fingerprint density at radius 2 is 0.871 bits per heavy atom. The van der Waals surface area contributed by atoms with E-state index in [2.05, 4.69) is 0 Å². The molecule has 7 heteroatoms. The van der Waals surface area contributed by atoms with Crippen LogP contribution in [-0.4, -0.2) is 8.42 Å². The molecule has 0 fully saturated rings. The summed E-state index contributed by atoms with van der Waals surface area (Å²) in [6.07, 6.45) is 0. The molecule has 0 aromatic heterocycles. The lowest BCUT2D eigenvalue weighted by molar-refractivity contribution is 0.484.